The molecule has 2 N–H and O–H groups in total. The van der Waals surface area contributed by atoms with Crippen molar-refractivity contribution in [3.8, 4) is 11.6 Å². The number of fused-ring (bicyclic) bond motifs is 1. The second-order valence-electron chi connectivity index (χ2n) is 5.81. The van der Waals surface area contributed by atoms with Gasteiger partial charge in [0.25, 0.3) is 0 Å². The van der Waals surface area contributed by atoms with Crippen LogP contribution in [0.4, 0.5) is 10.1 Å². The number of rotatable bonds is 5. The molecule has 120 valence electrons. The Morgan fingerprint density at radius 2 is 2.04 bits per heavy atom. The molecular weight excluding hydrogens is 299 g/mol. The summed E-state index contributed by atoms with van der Waals surface area (Å²) in [6, 6.07) is 7.38. The summed E-state index contributed by atoms with van der Waals surface area (Å²) in [5.74, 6) is 0.482. The third-order valence-corrected chi connectivity index (χ3v) is 3.08. The Kier molecular flexibility index (Phi) is 3.87. The highest BCUT2D eigenvalue weighted by Crippen LogP contribution is 2.25. The Hall–Kier alpha value is -2.67. The Morgan fingerprint density at radius 1 is 1.30 bits per heavy atom. The summed E-state index contributed by atoms with van der Waals surface area (Å²) in [4.78, 5) is 4.23. The van der Waals surface area contributed by atoms with Gasteiger partial charge in [0, 0.05) is 25.0 Å². The monoisotopic (exact) mass is 316 g/mol. The number of benzene rings is 1. The van der Waals surface area contributed by atoms with E-state index >= 15 is 0 Å². The first-order valence-corrected chi connectivity index (χ1v) is 7.15. The quantitative estimate of drug-likeness (QED) is 0.757. The highest BCUT2D eigenvalue weighted by molar-refractivity contribution is 5.68. The first-order valence-electron chi connectivity index (χ1n) is 7.15. The fraction of sp³-hybridized carbons (Fsp3) is 0.250. The average Bonchev–Trinajstić information content (AvgIpc) is 2.95. The largest absolute Gasteiger partial charge is 0.438 e. The predicted octanol–water partition coefficient (Wildman–Crippen LogP) is 2.84. The molecule has 6 nitrogen and oxygen atoms in total. The SMILES string of the molecule is CC(C)(O)CNc1cc(Oc2ccc(F)cc2)nn2ccnc12. The van der Waals surface area contributed by atoms with E-state index < -0.39 is 5.60 Å². The Labute approximate surface area is 132 Å². The second-order valence-corrected chi connectivity index (χ2v) is 5.81. The van der Waals surface area contributed by atoms with Crippen molar-refractivity contribution in [2.75, 3.05) is 11.9 Å². The van der Waals surface area contributed by atoms with Crippen LogP contribution >= 0.6 is 0 Å². The molecule has 3 rings (SSSR count). The smallest absolute Gasteiger partial charge is 0.239 e. The summed E-state index contributed by atoms with van der Waals surface area (Å²) in [5.41, 5.74) is 0.440. The van der Waals surface area contributed by atoms with Crippen molar-refractivity contribution in [1.29, 1.82) is 0 Å². The third-order valence-electron chi connectivity index (χ3n) is 3.08. The number of hydrogen-bond acceptors (Lipinski definition) is 5. The number of imidazole rings is 1. The van der Waals surface area contributed by atoms with E-state index in [2.05, 4.69) is 15.4 Å². The van der Waals surface area contributed by atoms with E-state index in [-0.39, 0.29) is 5.82 Å². The Bertz CT molecular complexity index is 809. The van der Waals surface area contributed by atoms with Crippen molar-refractivity contribution in [1.82, 2.24) is 14.6 Å². The number of halogens is 1. The molecule has 0 spiro atoms. The minimum atomic E-state index is -0.870. The van der Waals surface area contributed by atoms with Gasteiger partial charge in [0.1, 0.15) is 11.6 Å². The van der Waals surface area contributed by atoms with Crippen molar-refractivity contribution in [2.24, 2.45) is 0 Å². The van der Waals surface area contributed by atoms with Crippen LogP contribution in [0.5, 0.6) is 11.6 Å². The fourth-order valence-electron chi connectivity index (χ4n) is 2.01. The van der Waals surface area contributed by atoms with Crippen LogP contribution in [0.15, 0.2) is 42.7 Å². The summed E-state index contributed by atoms with van der Waals surface area (Å²) in [5, 5.41) is 17.3. The lowest BCUT2D eigenvalue weighted by Crippen LogP contribution is -2.29. The fourth-order valence-corrected chi connectivity index (χ4v) is 2.01. The summed E-state index contributed by atoms with van der Waals surface area (Å²) < 4.78 is 20.2. The molecule has 0 aliphatic carbocycles. The topological polar surface area (TPSA) is 71.7 Å². The van der Waals surface area contributed by atoms with E-state index in [1.54, 1.807) is 36.8 Å². The molecule has 1 aromatic carbocycles. The molecule has 0 aliphatic rings. The Morgan fingerprint density at radius 3 is 2.74 bits per heavy atom. The van der Waals surface area contributed by atoms with Crippen LogP contribution in [0.1, 0.15) is 13.8 Å². The zero-order valence-corrected chi connectivity index (χ0v) is 12.8. The minimum Gasteiger partial charge on any atom is -0.438 e. The molecule has 0 atom stereocenters. The van der Waals surface area contributed by atoms with Gasteiger partial charge in [0.2, 0.25) is 5.88 Å². The number of nitrogens with one attached hydrogen (secondary N) is 1. The van der Waals surface area contributed by atoms with Crippen LogP contribution in [-0.2, 0) is 0 Å². The minimum absolute atomic E-state index is 0.331. The van der Waals surface area contributed by atoms with Gasteiger partial charge in [-0.15, -0.1) is 5.10 Å². The highest BCUT2D eigenvalue weighted by Gasteiger charge is 2.15. The standard InChI is InChI=1S/C16H17FN4O2/c1-16(2,22)10-19-13-9-14(20-21-8-7-18-15(13)21)23-12-5-3-11(17)4-6-12/h3-9,19,22H,10H2,1-2H3. The van der Waals surface area contributed by atoms with Crippen molar-refractivity contribution in [3.05, 3.63) is 48.5 Å². The number of ether oxygens (including phenoxy) is 1. The number of aromatic nitrogens is 3. The highest BCUT2D eigenvalue weighted by atomic mass is 19.1. The van der Waals surface area contributed by atoms with Gasteiger partial charge >= 0.3 is 0 Å². The van der Waals surface area contributed by atoms with Crippen LogP contribution in [0.2, 0.25) is 0 Å². The first kappa shape index (κ1) is 15.2. The molecule has 23 heavy (non-hydrogen) atoms. The molecular formula is C16H17FN4O2. The predicted molar refractivity (Wildman–Crippen MR) is 84.2 cm³/mol. The molecule has 0 radical (unpaired) electrons. The van der Waals surface area contributed by atoms with E-state index in [0.717, 1.165) is 0 Å². The lowest BCUT2D eigenvalue weighted by molar-refractivity contribution is 0.0945. The molecule has 7 heteroatoms. The number of anilines is 1. The van der Waals surface area contributed by atoms with Crippen LogP contribution in [0.3, 0.4) is 0 Å². The number of aliphatic hydroxyl groups is 1. The van der Waals surface area contributed by atoms with Gasteiger partial charge in [-0.3, -0.25) is 0 Å². The summed E-state index contributed by atoms with van der Waals surface area (Å²) >= 11 is 0. The maximum Gasteiger partial charge on any atom is 0.239 e. The van der Waals surface area contributed by atoms with Crippen molar-refractivity contribution < 1.29 is 14.2 Å². The third kappa shape index (κ3) is 3.75. The number of nitrogens with zero attached hydrogens (tertiary/aromatic N) is 3. The summed E-state index contributed by atoms with van der Waals surface area (Å²) in [6.45, 7) is 3.76. The molecule has 3 aromatic rings. The normalized spacial score (nSPS) is 11.7. The van der Waals surface area contributed by atoms with E-state index in [1.165, 1.54) is 24.3 Å². The molecule has 0 saturated heterocycles. The van der Waals surface area contributed by atoms with Crippen LogP contribution in [-0.4, -0.2) is 31.9 Å². The van der Waals surface area contributed by atoms with Crippen LogP contribution in [0, 0.1) is 5.82 Å². The van der Waals surface area contributed by atoms with Gasteiger partial charge in [-0.25, -0.2) is 13.9 Å². The van der Waals surface area contributed by atoms with Gasteiger partial charge in [-0.1, -0.05) is 0 Å². The molecule has 0 saturated carbocycles. The van der Waals surface area contributed by atoms with Crippen LogP contribution < -0.4 is 10.1 Å². The van der Waals surface area contributed by atoms with Gasteiger partial charge in [-0.05, 0) is 38.1 Å². The molecule has 0 aliphatic heterocycles. The molecule has 0 amide bonds. The maximum atomic E-state index is 13.0. The van der Waals surface area contributed by atoms with Crippen molar-refractivity contribution in [2.45, 2.75) is 19.4 Å². The number of hydrogen-bond donors (Lipinski definition) is 2. The summed E-state index contributed by atoms with van der Waals surface area (Å²) in [7, 11) is 0. The van der Waals surface area contributed by atoms with Gasteiger partial charge in [-0.2, -0.15) is 0 Å². The van der Waals surface area contributed by atoms with Crippen molar-refractivity contribution >= 4 is 11.3 Å². The van der Waals surface area contributed by atoms with E-state index in [9.17, 15) is 9.50 Å². The second kappa shape index (κ2) is 5.85. The van der Waals surface area contributed by atoms with Gasteiger partial charge in [0.15, 0.2) is 5.65 Å². The molecule has 0 fully saturated rings. The zero-order valence-electron chi connectivity index (χ0n) is 12.8. The Balaban J connectivity index is 1.90. The molecule has 2 aromatic heterocycles. The average molecular weight is 316 g/mol. The molecule has 0 unspecified atom stereocenters. The van der Waals surface area contributed by atoms with Gasteiger partial charge < -0.3 is 15.2 Å². The maximum absolute atomic E-state index is 13.0. The van der Waals surface area contributed by atoms with E-state index in [1.807, 2.05) is 0 Å². The van der Waals surface area contributed by atoms with E-state index in [0.29, 0.717) is 29.5 Å². The molecule has 2 heterocycles. The summed E-state index contributed by atoms with van der Waals surface area (Å²) in [6.07, 6.45) is 3.32. The van der Waals surface area contributed by atoms with Crippen LogP contribution in [0.25, 0.3) is 5.65 Å². The zero-order chi connectivity index (χ0) is 16.4. The first-order chi connectivity index (χ1) is 10.9. The lowest BCUT2D eigenvalue weighted by atomic mass is 10.1. The van der Waals surface area contributed by atoms with Crippen molar-refractivity contribution in [3.63, 3.8) is 0 Å². The lowest BCUT2D eigenvalue weighted by Gasteiger charge is -2.19. The van der Waals surface area contributed by atoms with E-state index in [4.69, 9.17) is 4.74 Å². The molecule has 0 bridgehead atoms. The van der Waals surface area contributed by atoms with Gasteiger partial charge in [0.05, 0.1) is 11.3 Å².